The van der Waals surface area contributed by atoms with Crippen LogP contribution in [0.2, 0.25) is 0 Å². The Balaban J connectivity index is 1.97. The van der Waals surface area contributed by atoms with Crippen LogP contribution in [0, 0.1) is 0 Å². The Morgan fingerprint density at radius 2 is 2.06 bits per heavy atom. The molecule has 2 heterocycles. The minimum Gasteiger partial charge on any atom is -0.386 e. The van der Waals surface area contributed by atoms with E-state index in [1.807, 2.05) is 31.3 Å². The molecule has 0 radical (unpaired) electrons. The second-order valence-corrected chi connectivity index (χ2v) is 4.79. The van der Waals surface area contributed by atoms with Crippen molar-refractivity contribution >= 4 is 16.6 Å². The number of aliphatic hydroxyl groups is 1. The van der Waals surface area contributed by atoms with E-state index >= 15 is 0 Å². The number of anilines is 1. The van der Waals surface area contributed by atoms with Crippen LogP contribution in [0.1, 0.15) is 13.3 Å². The number of benzene rings is 1. The first-order valence-electron chi connectivity index (χ1n) is 6.03. The highest BCUT2D eigenvalue weighted by Gasteiger charge is 2.40. The number of nitrogens with zero attached hydrogens (tertiary/aromatic N) is 2. The molecule has 3 rings (SSSR count). The molecule has 0 bridgehead atoms. The third kappa shape index (κ3) is 1.67. The van der Waals surface area contributed by atoms with Crippen LogP contribution in [-0.2, 0) is 0 Å². The minimum absolute atomic E-state index is 0.515. The predicted molar refractivity (Wildman–Crippen MR) is 69.2 cm³/mol. The van der Waals surface area contributed by atoms with Gasteiger partial charge in [0.05, 0.1) is 5.60 Å². The molecule has 1 aliphatic heterocycles. The topological polar surface area (TPSA) is 36.4 Å². The summed E-state index contributed by atoms with van der Waals surface area (Å²) in [6.07, 6.45) is 2.63. The summed E-state index contributed by atoms with van der Waals surface area (Å²) >= 11 is 0. The Labute approximate surface area is 101 Å². The van der Waals surface area contributed by atoms with E-state index in [4.69, 9.17) is 0 Å². The minimum atomic E-state index is -0.515. The quantitative estimate of drug-likeness (QED) is 0.856. The van der Waals surface area contributed by atoms with Crippen molar-refractivity contribution in [3.8, 4) is 0 Å². The monoisotopic (exact) mass is 228 g/mol. The standard InChI is InChI=1S/C14H16N2O/c1-2-14(17)9-16(10-14)13-12-6-4-3-5-11(12)7-8-15-13/h3-8,17H,2,9-10H2,1H3. The average molecular weight is 228 g/mol. The molecule has 0 atom stereocenters. The second-order valence-electron chi connectivity index (χ2n) is 4.79. The summed E-state index contributed by atoms with van der Waals surface area (Å²) in [6.45, 7) is 3.39. The smallest absolute Gasteiger partial charge is 0.136 e. The lowest BCUT2D eigenvalue weighted by atomic mass is 9.91. The fourth-order valence-electron chi connectivity index (χ4n) is 2.39. The van der Waals surface area contributed by atoms with Gasteiger partial charge in [0.2, 0.25) is 0 Å². The molecular weight excluding hydrogens is 212 g/mol. The van der Waals surface area contributed by atoms with Crippen LogP contribution in [0.25, 0.3) is 10.8 Å². The summed E-state index contributed by atoms with van der Waals surface area (Å²) in [5.41, 5.74) is -0.515. The van der Waals surface area contributed by atoms with E-state index in [9.17, 15) is 5.11 Å². The van der Waals surface area contributed by atoms with Crippen LogP contribution in [-0.4, -0.2) is 28.8 Å². The van der Waals surface area contributed by atoms with Crippen molar-refractivity contribution in [2.45, 2.75) is 18.9 Å². The van der Waals surface area contributed by atoms with Gasteiger partial charge in [-0.3, -0.25) is 0 Å². The highest BCUT2D eigenvalue weighted by molar-refractivity contribution is 5.92. The molecule has 0 spiro atoms. The fraction of sp³-hybridized carbons (Fsp3) is 0.357. The normalized spacial score (nSPS) is 18.1. The van der Waals surface area contributed by atoms with Gasteiger partial charge < -0.3 is 10.0 Å². The van der Waals surface area contributed by atoms with E-state index < -0.39 is 5.60 Å². The van der Waals surface area contributed by atoms with E-state index in [1.54, 1.807) is 0 Å². The molecule has 1 aromatic carbocycles. The van der Waals surface area contributed by atoms with E-state index in [2.05, 4.69) is 22.0 Å². The third-order valence-electron chi connectivity index (χ3n) is 3.58. The van der Waals surface area contributed by atoms with Crippen LogP contribution in [0.3, 0.4) is 0 Å². The first-order chi connectivity index (χ1) is 8.22. The van der Waals surface area contributed by atoms with E-state index in [-0.39, 0.29) is 0 Å². The number of aromatic nitrogens is 1. The van der Waals surface area contributed by atoms with Crippen molar-refractivity contribution in [1.82, 2.24) is 4.98 Å². The Morgan fingerprint density at radius 1 is 1.29 bits per heavy atom. The van der Waals surface area contributed by atoms with Gasteiger partial charge in [-0.1, -0.05) is 31.2 Å². The molecule has 2 aromatic rings. The average Bonchev–Trinajstić information content (AvgIpc) is 2.34. The largest absolute Gasteiger partial charge is 0.386 e. The molecule has 0 unspecified atom stereocenters. The van der Waals surface area contributed by atoms with E-state index in [0.717, 1.165) is 17.6 Å². The number of hydrogen-bond donors (Lipinski definition) is 1. The lowest BCUT2D eigenvalue weighted by Crippen LogP contribution is -2.61. The molecular formula is C14H16N2O. The van der Waals surface area contributed by atoms with Crippen molar-refractivity contribution in [1.29, 1.82) is 0 Å². The summed E-state index contributed by atoms with van der Waals surface area (Å²) in [4.78, 5) is 6.59. The summed E-state index contributed by atoms with van der Waals surface area (Å²) in [6, 6.07) is 10.3. The molecule has 0 saturated carbocycles. The number of rotatable bonds is 2. The zero-order valence-corrected chi connectivity index (χ0v) is 9.93. The van der Waals surface area contributed by atoms with Gasteiger partial charge >= 0.3 is 0 Å². The zero-order chi connectivity index (χ0) is 11.9. The van der Waals surface area contributed by atoms with Gasteiger partial charge in [0, 0.05) is 24.7 Å². The van der Waals surface area contributed by atoms with Gasteiger partial charge in [-0.05, 0) is 17.9 Å². The molecule has 1 aromatic heterocycles. The first-order valence-corrected chi connectivity index (χ1v) is 6.03. The van der Waals surface area contributed by atoms with Gasteiger partial charge in [0.25, 0.3) is 0 Å². The van der Waals surface area contributed by atoms with Crippen LogP contribution >= 0.6 is 0 Å². The maximum Gasteiger partial charge on any atom is 0.136 e. The Morgan fingerprint density at radius 3 is 2.82 bits per heavy atom. The van der Waals surface area contributed by atoms with E-state index in [1.165, 1.54) is 5.39 Å². The third-order valence-corrected chi connectivity index (χ3v) is 3.58. The lowest BCUT2D eigenvalue weighted by Gasteiger charge is -2.47. The molecule has 1 aliphatic rings. The number of hydrogen-bond acceptors (Lipinski definition) is 3. The molecule has 1 fully saturated rings. The van der Waals surface area contributed by atoms with Gasteiger partial charge in [-0.2, -0.15) is 0 Å². The molecule has 1 N–H and O–H groups in total. The Hall–Kier alpha value is -1.61. The molecule has 0 aliphatic carbocycles. The van der Waals surface area contributed by atoms with Gasteiger partial charge in [-0.15, -0.1) is 0 Å². The van der Waals surface area contributed by atoms with E-state index in [0.29, 0.717) is 13.1 Å². The molecule has 3 heteroatoms. The maximum atomic E-state index is 10.1. The number of pyridine rings is 1. The van der Waals surface area contributed by atoms with Gasteiger partial charge in [0.1, 0.15) is 5.82 Å². The van der Waals surface area contributed by atoms with Crippen molar-refractivity contribution in [3.63, 3.8) is 0 Å². The van der Waals surface area contributed by atoms with Gasteiger partial charge in [0.15, 0.2) is 0 Å². The van der Waals surface area contributed by atoms with Crippen LogP contribution < -0.4 is 4.90 Å². The van der Waals surface area contributed by atoms with Crippen LogP contribution in [0.4, 0.5) is 5.82 Å². The summed E-state index contributed by atoms with van der Waals surface area (Å²) in [7, 11) is 0. The molecule has 88 valence electrons. The maximum absolute atomic E-state index is 10.1. The van der Waals surface area contributed by atoms with Gasteiger partial charge in [-0.25, -0.2) is 4.98 Å². The number of β-amino-alcohol motifs (C(OH)–C–C–N with tert-alkyl or cyclic N) is 1. The molecule has 1 saturated heterocycles. The summed E-state index contributed by atoms with van der Waals surface area (Å²) in [5.74, 6) is 0.987. The predicted octanol–water partition coefficient (Wildman–Crippen LogP) is 2.20. The Bertz CT molecular complexity index is 541. The zero-order valence-electron chi connectivity index (χ0n) is 9.93. The summed E-state index contributed by atoms with van der Waals surface area (Å²) in [5, 5.41) is 12.4. The van der Waals surface area contributed by atoms with Crippen molar-refractivity contribution in [2.75, 3.05) is 18.0 Å². The fourth-order valence-corrected chi connectivity index (χ4v) is 2.39. The first kappa shape index (κ1) is 10.5. The highest BCUT2D eigenvalue weighted by Crippen LogP contribution is 2.32. The second kappa shape index (κ2) is 3.70. The molecule has 17 heavy (non-hydrogen) atoms. The van der Waals surface area contributed by atoms with Crippen LogP contribution in [0.15, 0.2) is 36.5 Å². The summed E-state index contributed by atoms with van der Waals surface area (Å²) < 4.78 is 0. The molecule has 0 amide bonds. The van der Waals surface area contributed by atoms with Crippen LogP contribution in [0.5, 0.6) is 0 Å². The number of fused-ring (bicyclic) bond motifs is 1. The molecule has 3 nitrogen and oxygen atoms in total. The Kier molecular flexibility index (Phi) is 2.30. The highest BCUT2D eigenvalue weighted by atomic mass is 16.3. The van der Waals surface area contributed by atoms with Crippen molar-refractivity contribution in [3.05, 3.63) is 36.5 Å². The lowest BCUT2D eigenvalue weighted by molar-refractivity contribution is 0.00824. The van der Waals surface area contributed by atoms with Crippen molar-refractivity contribution < 1.29 is 5.11 Å². The SMILES string of the molecule is CCC1(O)CN(c2nccc3ccccc23)C1. The van der Waals surface area contributed by atoms with Crippen molar-refractivity contribution in [2.24, 2.45) is 0 Å².